The Kier molecular flexibility index (Phi) is 3.25. The minimum atomic E-state index is -0.994. The van der Waals surface area contributed by atoms with E-state index < -0.39 is 12.2 Å². The molecule has 0 aliphatic heterocycles. The highest BCUT2D eigenvalue weighted by Crippen LogP contribution is 2.30. The van der Waals surface area contributed by atoms with E-state index in [-0.39, 0.29) is 0 Å². The SMILES string of the molecule is N=C([O-])OC1Cc2ccccc2/C=C\c2ccccc21. The van der Waals surface area contributed by atoms with Crippen molar-refractivity contribution in [1.82, 2.24) is 0 Å². The van der Waals surface area contributed by atoms with Crippen LogP contribution >= 0.6 is 0 Å². The lowest BCUT2D eigenvalue weighted by Crippen LogP contribution is -2.24. The predicted octanol–water partition coefficient (Wildman–Crippen LogP) is 2.77. The van der Waals surface area contributed by atoms with E-state index in [2.05, 4.69) is 6.08 Å². The van der Waals surface area contributed by atoms with Crippen LogP contribution in [-0.2, 0) is 11.2 Å². The molecule has 1 atom stereocenters. The fourth-order valence-electron chi connectivity index (χ4n) is 2.56. The molecule has 0 saturated heterocycles. The fourth-order valence-corrected chi connectivity index (χ4v) is 2.56. The quantitative estimate of drug-likeness (QED) is 0.636. The Morgan fingerprint density at radius 3 is 2.45 bits per heavy atom. The van der Waals surface area contributed by atoms with Crippen molar-refractivity contribution in [3.63, 3.8) is 0 Å². The molecule has 1 aliphatic carbocycles. The van der Waals surface area contributed by atoms with Gasteiger partial charge in [-0.2, -0.15) is 0 Å². The smallest absolute Gasteiger partial charge is 0.143 e. The lowest BCUT2D eigenvalue weighted by molar-refractivity contribution is -0.257. The Balaban J connectivity index is 2.11. The van der Waals surface area contributed by atoms with Gasteiger partial charge in [0.15, 0.2) is 0 Å². The van der Waals surface area contributed by atoms with E-state index in [9.17, 15) is 5.11 Å². The number of rotatable bonds is 1. The average molecular weight is 264 g/mol. The Morgan fingerprint density at radius 2 is 1.65 bits per heavy atom. The van der Waals surface area contributed by atoms with Gasteiger partial charge in [0.2, 0.25) is 0 Å². The molecule has 2 aromatic carbocycles. The van der Waals surface area contributed by atoms with Crippen LogP contribution in [0.15, 0.2) is 48.5 Å². The van der Waals surface area contributed by atoms with Gasteiger partial charge in [-0.3, -0.25) is 5.41 Å². The van der Waals surface area contributed by atoms with Crippen LogP contribution in [0, 0.1) is 5.41 Å². The Morgan fingerprint density at radius 1 is 1.00 bits per heavy atom. The molecular formula is C17H14NO2-. The molecule has 0 saturated carbocycles. The van der Waals surface area contributed by atoms with Crippen LogP contribution in [0.1, 0.15) is 28.4 Å². The van der Waals surface area contributed by atoms with Crippen LogP contribution in [0.25, 0.3) is 12.2 Å². The van der Waals surface area contributed by atoms with Crippen molar-refractivity contribution >= 4 is 18.2 Å². The summed E-state index contributed by atoms with van der Waals surface area (Å²) in [6, 6.07) is 15.8. The largest absolute Gasteiger partial charge is 0.592 e. The summed E-state index contributed by atoms with van der Waals surface area (Å²) in [7, 11) is 0. The van der Waals surface area contributed by atoms with E-state index in [0.29, 0.717) is 6.42 Å². The van der Waals surface area contributed by atoms with Crippen molar-refractivity contribution in [3.05, 3.63) is 70.8 Å². The van der Waals surface area contributed by atoms with Crippen molar-refractivity contribution in [1.29, 1.82) is 5.41 Å². The molecule has 20 heavy (non-hydrogen) atoms. The fraction of sp³-hybridized carbons (Fsp3) is 0.118. The van der Waals surface area contributed by atoms with E-state index >= 15 is 0 Å². The highest BCUT2D eigenvalue weighted by molar-refractivity contribution is 5.74. The van der Waals surface area contributed by atoms with Crippen LogP contribution in [0.4, 0.5) is 0 Å². The summed E-state index contributed by atoms with van der Waals surface area (Å²) in [6.45, 7) is 0. The zero-order chi connectivity index (χ0) is 13.9. The Labute approximate surface area is 117 Å². The van der Waals surface area contributed by atoms with Gasteiger partial charge in [0.25, 0.3) is 0 Å². The molecule has 0 fully saturated rings. The van der Waals surface area contributed by atoms with Gasteiger partial charge in [-0.25, -0.2) is 0 Å². The minimum absolute atomic E-state index is 0.415. The first-order valence-corrected chi connectivity index (χ1v) is 6.51. The first-order chi connectivity index (χ1) is 9.74. The normalized spacial score (nSPS) is 18.1. The van der Waals surface area contributed by atoms with Gasteiger partial charge in [0.1, 0.15) is 6.08 Å². The van der Waals surface area contributed by atoms with Gasteiger partial charge in [-0.1, -0.05) is 60.7 Å². The van der Waals surface area contributed by atoms with Gasteiger partial charge in [-0.15, -0.1) is 0 Å². The minimum Gasteiger partial charge on any atom is -0.592 e. The summed E-state index contributed by atoms with van der Waals surface area (Å²) in [5.74, 6) is 0. The second kappa shape index (κ2) is 5.21. The molecule has 0 radical (unpaired) electrons. The van der Waals surface area contributed by atoms with Crippen LogP contribution in [-0.4, -0.2) is 6.08 Å². The topological polar surface area (TPSA) is 56.1 Å². The van der Waals surface area contributed by atoms with Crippen LogP contribution in [0.3, 0.4) is 0 Å². The summed E-state index contributed by atoms with van der Waals surface area (Å²) in [5.41, 5.74) is 4.20. The Hall–Kier alpha value is -2.55. The summed E-state index contributed by atoms with van der Waals surface area (Å²) in [4.78, 5) is 0. The molecule has 0 aromatic heterocycles. The number of hydrogen-bond donors (Lipinski definition) is 1. The van der Waals surface area contributed by atoms with Crippen LogP contribution < -0.4 is 5.11 Å². The molecule has 100 valence electrons. The molecule has 2 aromatic rings. The second-order valence-electron chi connectivity index (χ2n) is 4.76. The van der Waals surface area contributed by atoms with Crippen molar-refractivity contribution in [2.24, 2.45) is 0 Å². The number of fused-ring (bicyclic) bond motifs is 2. The van der Waals surface area contributed by atoms with E-state index in [1.54, 1.807) is 0 Å². The van der Waals surface area contributed by atoms with Crippen molar-refractivity contribution in [2.45, 2.75) is 12.5 Å². The van der Waals surface area contributed by atoms with Gasteiger partial charge in [0.05, 0.1) is 0 Å². The monoisotopic (exact) mass is 264 g/mol. The predicted molar refractivity (Wildman–Crippen MR) is 77.1 cm³/mol. The molecule has 0 heterocycles. The standard InChI is InChI=1S/C17H15NO2/c18-17(19)20-16-11-14-7-2-1-5-12(14)9-10-13-6-3-4-8-15(13)16/h1-10,16H,11H2,(H2,18,19)/p-1/b10-9-. The van der Waals surface area contributed by atoms with Crippen LogP contribution in [0.5, 0.6) is 0 Å². The summed E-state index contributed by atoms with van der Waals surface area (Å²) >= 11 is 0. The number of hydrogen-bond acceptors (Lipinski definition) is 3. The van der Waals surface area contributed by atoms with Gasteiger partial charge < -0.3 is 9.84 Å². The summed E-state index contributed by atoms with van der Waals surface area (Å²) < 4.78 is 5.20. The molecular weight excluding hydrogens is 250 g/mol. The van der Waals surface area contributed by atoms with E-state index in [1.807, 2.05) is 54.6 Å². The maximum absolute atomic E-state index is 11.1. The maximum atomic E-state index is 11.1. The first-order valence-electron chi connectivity index (χ1n) is 6.51. The molecule has 0 amide bonds. The van der Waals surface area contributed by atoms with Crippen molar-refractivity contribution < 1.29 is 9.84 Å². The third-order valence-corrected chi connectivity index (χ3v) is 3.50. The Bertz CT molecular complexity index is 676. The van der Waals surface area contributed by atoms with E-state index in [1.165, 1.54) is 0 Å². The molecule has 3 rings (SSSR count). The van der Waals surface area contributed by atoms with E-state index in [4.69, 9.17) is 10.1 Å². The zero-order valence-electron chi connectivity index (χ0n) is 10.9. The highest BCUT2D eigenvalue weighted by Gasteiger charge is 2.15. The lowest BCUT2D eigenvalue weighted by atomic mass is 9.91. The zero-order valence-corrected chi connectivity index (χ0v) is 10.9. The highest BCUT2D eigenvalue weighted by atomic mass is 16.6. The summed E-state index contributed by atoms with van der Waals surface area (Å²) in [5, 5.41) is 18.1. The van der Waals surface area contributed by atoms with Crippen LogP contribution in [0.2, 0.25) is 0 Å². The van der Waals surface area contributed by atoms with E-state index in [0.717, 1.165) is 22.3 Å². The molecule has 0 bridgehead atoms. The number of benzene rings is 2. The lowest BCUT2D eigenvalue weighted by Gasteiger charge is -2.29. The third-order valence-electron chi connectivity index (χ3n) is 3.50. The molecule has 1 unspecified atom stereocenters. The molecule has 1 aliphatic rings. The van der Waals surface area contributed by atoms with Crippen molar-refractivity contribution in [3.8, 4) is 0 Å². The average Bonchev–Trinajstić information content (AvgIpc) is 2.43. The van der Waals surface area contributed by atoms with Gasteiger partial charge >= 0.3 is 0 Å². The summed E-state index contributed by atoms with van der Waals surface area (Å²) in [6.07, 6.45) is 3.28. The molecule has 0 spiro atoms. The number of ether oxygens (including phenoxy) is 1. The second-order valence-corrected chi connectivity index (χ2v) is 4.76. The number of nitrogens with one attached hydrogen (secondary N) is 1. The molecule has 3 nitrogen and oxygen atoms in total. The molecule has 1 N–H and O–H groups in total. The first kappa shape index (κ1) is 12.5. The third kappa shape index (κ3) is 2.43. The van der Waals surface area contributed by atoms with Gasteiger partial charge in [0, 0.05) is 6.10 Å². The molecule has 3 heteroatoms. The van der Waals surface area contributed by atoms with Gasteiger partial charge in [-0.05, 0) is 28.7 Å². The van der Waals surface area contributed by atoms with Crippen molar-refractivity contribution in [2.75, 3.05) is 0 Å². The maximum Gasteiger partial charge on any atom is 0.143 e.